The van der Waals surface area contributed by atoms with Gasteiger partial charge in [0.05, 0.1) is 18.5 Å². The van der Waals surface area contributed by atoms with Gasteiger partial charge in [-0.05, 0) is 24.2 Å². The quantitative estimate of drug-likeness (QED) is 0.786. The molecule has 1 N–H and O–H groups in total. The van der Waals surface area contributed by atoms with Gasteiger partial charge in [0.1, 0.15) is 11.4 Å². The second-order valence-corrected chi connectivity index (χ2v) is 4.61. The molecule has 0 amide bonds. The predicted octanol–water partition coefficient (Wildman–Crippen LogP) is 3.67. The Kier molecular flexibility index (Phi) is 3.48. The van der Waals surface area contributed by atoms with Gasteiger partial charge in [-0.15, -0.1) is 0 Å². The van der Waals surface area contributed by atoms with Crippen LogP contribution < -0.4 is 5.32 Å². The van der Waals surface area contributed by atoms with Crippen molar-refractivity contribution >= 4 is 11.0 Å². The number of furan rings is 1. The van der Waals surface area contributed by atoms with E-state index < -0.39 is 0 Å². The molecule has 0 saturated carbocycles. The molecule has 0 aliphatic carbocycles. The Morgan fingerprint density at radius 3 is 2.95 bits per heavy atom. The molecule has 0 radical (unpaired) electrons. The fourth-order valence-electron chi connectivity index (χ4n) is 2.42. The number of nitrogens with one attached hydrogen (secondary N) is 1. The van der Waals surface area contributed by atoms with Crippen molar-refractivity contribution in [1.82, 2.24) is 10.3 Å². The van der Waals surface area contributed by atoms with Gasteiger partial charge in [0, 0.05) is 17.1 Å². The third-order valence-corrected chi connectivity index (χ3v) is 3.29. The third kappa shape index (κ3) is 2.30. The highest BCUT2D eigenvalue weighted by Crippen LogP contribution is 2.30. The average molecular weight is 270 g/mol. The highest BCUT2D eigenvalue weighted by atomic mass is 19.1. The predicted molar refractivity (Wildman–Crippen MR) is 75.9 cm³/mol. The Bertz CT molecular complexity index is 723. The van der Waals surface area contributed by atoms with Gasteiger partial charge in [0.2, 0.25) is 0 Å². The smallest absolute Gasteiger partial charge is 0.141 e. The summed E-state index contributed by atoms with van der Waals surface area (Å²) in [4.78, 5) is 3.93. The maximum atomic E-state index is 13.4. The summed E-state index contributed by atoms with van der Waals surface area (Å²) in [5.74, 6) is -0.335. The lowest BCUT2D eigenvalue weighted by Crippen LogP contribution is -2.22. The van der Waals surface area contributed by atoms with Crippen LogP contribution in [0.5, 0.6) is 0 Å². The maximum absolute atomic E-state index is 13.4. The zero-order chi connectivity index (χ0) is 13.9. The maximum Gasteiger partial charge on any atom is 0.141 e. The molecule has 1 atom stereocenters. The van der Waals surface area contributed by atoms with Crippen LogP contribution in [0.25, 0.3) is 11.0 Å². The zero-order valence-electron chi connectivity index (χ0n) is 11.1. The summed E-state index contributed by atoms with van der Waals surface area (Å²) >= 11 is 0. The number of aromatic nitrogens is 1. The number of rotatable bonds is 4. The van der Waals surface area contributed by atoms with Gasteiger partial charge < -0.3 is 9.73 Å². The normalized spacial score (nSPS) is 12.7. The van der Waals surface area contributed by atoms with Crippen LogP contribution in [-0.2, 0) is 0 Å². The first kappa shape index (κ1) is 12.8. The first-order valence-electron chi connectivity index (χ1n) is 6.59. The van der Waals surface area contributed by atoms with Gasteiger partial charge >= 0.3 is 0 Å². The van der Waals surface area contributed by atoms with E-state index in [1.165, 1.54) is 12.3 Å². The summed E-state index contributed by atoms with van der Waals surface area (Å²) in [7, 11) is 0. The van der Waals surface area contributed by atoms with Crippen molar-refractivity contribution in [2.45, 2.75) is 13.0 Å². The van der Waals surface area contributed by atoms with Crippen molar-refractivity contribution in [3.8, 4) is 0 Å². The van der Waals surface area contributed by atoms with Gasteiger partial charge in [-0.25, -0.2) is 4.39 Å². The van der Waals surface area contributed by atoms with Crippen molar-refractivity contribution in [2.75, 3.05) is 6.54 Å². The summed E-state index contributed by atoms with van der Waals surface area (Å²) in [6.45, 7) is 2.78. The van der Waals surface area contributed by atoms with Crippen molar-refractivity contribution < 1.29 is 8.81 Å². The number of para-hydroxylation sites is 1. The van der Waals surface area contributed by atoms with Crippen LogP contribution in [0.3, 0.4) is 0 Å². The molecule has 0 aliphatic rings. The van der Waals surface area contributed by atoms with Gasteiger partial charge in [-0.3, -0.25) is 4.98 Å². The first-order valence-corrected chi connectivity index (χ1v) is 6.59. The number of hydrogen-bond acceptors (Lipinski definition) is 3. The average Bonchev–Trinajstić information content (AvgIpc) is 2.88. The van der Waals surface area contributed by atoms with E-state index in [9.17, 15) is 4.39 Å². The first-order chi connectivity index (χ1) is 9.79. The molecule has 3 nitrogen and oxygen atoms in total. The number of hydrogen-bond donors (Lipinski definition) is 1. The SMILES string of the molecule is CCNC(c1cncc(F)c1)c1coc2ccccc12. The van der Waals surface area contributed by atoms with E-state index in [4.69, 9.17) is 4.42 Å². The number of benzene rings is 1. The summed E-state index contributed by atoms with van der Waals surface area (Å²) in [5, 5.41) is 4.38. The molecule has 20 heavy (non-hydrogen) atoms. The fraction of sp³-hybridized carbons (Fsp3) is 0.188. The minimum absolute atomic E-state index is 0.133. The summed E-state index contributed by atoms with van der Waals surface area (Å²) in [6, 6.07) is 9.20. The Balaban J connectivity index is 2.11. The molecule has 2 heterocycles. The van der Waals surface area contributed by atoms with Crippen molar-refractivity contribution in [2.24, 2.45) is 0 Å². The van der Waals surface area contributed by atoms with Gasteiger partial charge in [-0.1, -0.05) is 25.1 Å². The summed E-state index contributed by atoms with van der Waals surface area (Å²) in [5.41, 5.74) is 2.61. The molecule has 0 fully saturated rings. The Labute approximate surface area is 116 Å². The van der Waals surface area contributed by atoms with E-state index in [-0.39, 0.29) is 11.9 Å². The lowest BCUT2D eigenvalue weighted by Gasteiger charge is -2.17. The highest BCUT2D eigenvalue weighted by Gasteiger charge is 2.18. The summed E-state index contributed by atoms with van der Waals surface area (Å²) in [6.07, 6.45) is 4.61. The van der Waals surface area contributed by atoms with Gasteiger partial charge in [0.15, 0.2) is 0 Å². The van der Waals surface area contributed by atoms with Gasteiger partial charge in [0.25, 0.3) is 0 Å². The second kappa shape index (κ2) is 5.43. The molecule has 0 spiro atoms. The molecular formula is C16H15FN2O. The van der Waals surface area contributed by atoms with Crippen LogP contribution in [0.4, 0.5) is 4.39 Å². The molecule has 0 saturated heterocycles. The second-order valence-electron chi connectivity index (χ2n) is 4.61. The van der Waals surface area contributed by atoms with Crippen LogP contribution in [0.2, 0.25) is 0 Å². The lowest BCUT2D eigenvalue weighted by molar-refractivity contribution is 0.576. The van der Waals surface area contributed by atoms with Crippen LogP contribution >= 0.6 is 0 Å². The van der Waals surface area contributed by atoms with Crippen LogP contribution in [0.1, 0.15) is 24.1 Å². The van der Waals surface area contributed by atoms with Crippen LogP contribution in [0, 0.1) is 5.82 Å². The summed E-state index contributed by atoms with van der Waals surface area (Å²) < 4.78 is 19.0. The van der Waals surface area contributed by atoms with Crippen molar-refractivity contribution in [3.63, 3.8) is 0 Å². The third-order valence-electron chi connectivity index (χ3n) is 3.29. The Hall–Kier alpha value is -2.20. The standard InChI is InChI=1S/C16H15FN2O/c1-2-19-16(11-7-12(17)9-18-8-11)14-10-20-15-6-4-3-5-13(14)15/h3-10,16,19H,2H2,1H3. The van der Waals surface area contributed by atoms with E-state index in [1.807, 2.05) is 31.2 Å². The van der Waals surface area contributed by atoms with Crippen LogP contribution in [0.15, 0.2) is 53.4 Å². The van der Waals surface area contributed by atoms with E-state index >= 15 is 0 Å². The Morgan fingerprint density at radius 1 is 1.30 bits per heavy atom. The number of fused-ring (bicyclic) bond motifs is 1. The van der Waals surface area contributed by atoms with E-state index in [1.54, 1.807) is 12.5 Å². The van der Waals surface area contributed by atoms with Crippen molar-refractivity contribution in [3.05, 3.63) is 65.9 Å². The monoisotopic (exact) mass is 270 g/mol. The van der Waals surface area contributed by atoms with Gasteiger partial charge in [-0.2, -0.15) is 0 Å². The fourth-order valence-corrected chi connectivity index (χ4v) is 2.42. The molecule has 1 aromatic carbocycles. The van der Waals surface area contributed by atoms with E-state index in [0.29, 0.717) is 0 Å². The molecule has 3 aromatic rings. The number of nitrogens with zero attached hydrogens (tertiary/aromatic N) is 1. The van der Waals surface area contributed by atoms with Crippen molar-refractivity contribution in [1.29, 1.82) is 0 Å². The Morgan fingerprint density at radius 2 is 2.15 bits per heavy atom. The molecule has 2 aromatic heterocycles. The molecule has 0 bridgehead atoms. The lowest BCUT2D eigenvalue weighted by atomic mass is 9.99. The number of halogens is 1. The largest absolute Gasteiger partial charge is 0.464 e. The molecular weight excluding hydrogens is 255 g/mol. The topological polar surface area (TPSA) is 38.1 Å². The van der Waals surface area contributed by atoms with Crippen LogP contribution in [-0.4, -0.2) is 11.5 Å². The number of pyridine rings is 1. The van der Waals surface area contributed by atoms with E-state index in [0.717, 1.165) is 28.6 Å². The molecule has 3 rings (SSSR count). The molecule has 4 heteroatoms. The highest BCUT2D eigenvalue weighted by molar-refractivity contribution is 5.81. The molecule has 0 aliphatic heterocycles. The minimum Gasteiger partial charge on any atom is -0.464 e. The molecule has 1 unspecified atom stereocenters. The van der Waals surface area contributed by atoms with E-state index in [2.05, 4.69) is 10.3 Å². The molecule has 102 valence electrons. The zero-order valence-corrected chi connectivity index (χ0v) is 11.1. The minimum atomic E-state index is -0.335.